The van der Waals surface area contributed by atoms with Crippen molar-refractivity contribution in [2.24, 2.45) is 5.92 Å². The summed E-state index contributed by atoms with van der Waals surface area (Å²) in [5, 5.41) is 2.72. The lowest BCUT2D eigenvalue weighted by molar-refractivity contribution is 0.0289. The third-order valence-corrected chi connectivity index (χ3v) is 4.28. The molecule has 30 heavy (non-hydrogen) atoms. The molecular formula is C24H38N2O4. The van der Waals surface area contributed by atoms with Crippen molar-refractivity contribution in [3.63, 3.8) is 0 Å². The van der Waals surface area contributed by atoms with E-state index in [4.69, 9.17) is 9.15 Å². The van der Waals surface area contributed by atoms with Crippen LogP contribution in [0.5, 0.6) is 0 Å². The number of rotatable bonds is 5. The van der Waals surface area contributed by atoms with Crippen LogP contribution in [0.1, 0.15) is 83.2 Å². The summed E-state index contributed by atoms with van der Waals surface area (Å²) in [7, 11) is 0. The molecule has 1 unspecified atom stereocenters. The highest BCUT2D eigenvalue weighted by Gasteiger charge is 2.27. The van der Waals surface area contributed by atoms with Gasteiger partial charge in [-0.3, -0.25) is 4.79 Å². The van der Waals surface area contributed by atoms with Crippen LogP contribution in [0.15, 0.2) is 22.6 Å². The molecule has 1 atom stereocenters. The van der Waals surface area contributed by atoms with Crippen LogP contribution in [-0.2, 0) is 4.74 Å². The number of carbonyl (C=O) groups is 2. The summed E-state index contributed by atoms with van der Waals surface area (Å²) in [5.41, 5.74) is 0.557. The Morgan fingerprint density at radius 3 is 2.50 bits per heavy atom. The number of likely N-dealkylation sites (tertiary alicyclic amines) is 1. The van der Waals surface area contributed by atoms with Gasteiger partial charge < -0.3 is 19.4 Å². The largest absolute Gasteiger partial charge is 0.451 e. The third-order valence-electron chi connectivity index (χ3n) is 4.28. The summed E-state index contributed by atoms with van der Waals surface area (Å²) in [6.45, 7) is 16.0. The van der Waals surface area contributed by atoms with Gasteiger partial charge in [-0.2, -0.15) is 0 Å². The highest BCUT2D eigenvalue weighted by Crippen LogP contribution is 2.20. The quantitative estimate of drug-likeness (QED) is 0.661. The summed E-state index contributed by atoms with van der Waals surface area (Å²) >= 11 is 0. The molecule has 0 aromatic carbocycles. The molecule has 1 aliphatic rings. The molecule has 1 aromatic rings. The molecule has 0 aliphatic carbocycles. The first-order valence-electron chi connectivity index (χ1n) is 10.8. The second-order valence-electron chi connectivity index (χ2n) is 8.42. The topological polar surface area (TPSA) is 71.8 Å². The minimum absolute atomic E-state index is 0.170. The van der Waals surface area contributed by atoms with Crippen LogP contribution >= 0.6 is 0 Å². The number of ether oxygens (including phenoxy) is 1. The molecule has 0 spiro atoms. The van der Waals surface area contributed by atoms with Gasteiger partial charge >= 0.3 is 6.09 Å². The second kappa shape index (κ2) is 12.3. The maximum atomic E-state index is 11.6. The van der Waals surface area contributed by atoms with E-state index in [0.717, 1.165) is 37.3 Å². The van der Waals surface area contributed by atoms with Crippen LogP contribution in [0.2, 0.25) is 0 Å². The molecule has 1 aliphatic heterocycles. The van der Waals surface area contributed by atoms with Crippen LogP contribution in [0.25, 0.3) is 12.2 Å². The van der Waals surface area contributed by atoms with Crippen molar-refractivity contribution < 1.29 is 18.7 Å². The highest BCUT2D eigenvalue weighted by molar-refractivity contribution is 5.92. The van der Waals surface area contributed by atoms with Crippen molar-refractivity contribution >= 4 is 24.2 Å². The second-order valence-corrected chi connectivity index (χ2v) is 8.42. The van der Waals surface area contributed by atoms with E-state index >= 15 is 0 Å². The molecule has 6 nitrogen and oxygen atoms in total. The van der Waals surface area contributed by atoms with Gasteiger partial charge in [0.1, 0.15) is 11.4 Å². The molecule has 1 fully saturated rings. The summed E-state index contributed by atoms with van der Waals surface area (Å²) in [6, 6.07) is 1.76. The van der Waals surface area contributed by atoms with Gasteiger partial charge in [0.05, 0.1) is 0 Å². The standard InChI is InChI=1S/C14H19NO2.C10H19NO2/c1-4-7-9-12-11(8-5-2)10-13(17-12)14(16)15-6-3;1-8-5-6-11(7-8)9(12)13-10(2,3)4/h5,7-10H,4,6H2,1-3H3,(H,15,16);8H,5-7H2,1-4H3/b8-5-,9-7+;. The predicted octanol–water partition coefficient (Wildman–Crippen LogP) is 5.75. The Morgan fingerprint density at radius 1 is 1.30 bits per heavy atom. The van der Waals surface area contributed by atoms with Crippen LogP contribution in [0, 0.1) is 5.92 Å². The maximum absolute atomic E-state index is 11.6. The zero-order valence-electron chi connectivity index (χ0n) is 19.6. The first kappa shape index (κ1) is 25.5. The van der Waals surface area contributed by atoms with Gasteiger partial charge in [0.2, 0.25) is 0 Å². The number of hydrogen-bond acceptors (Lipinski definition) is 4. The monoisotopic (exact) mass is 418 g/mol. The van der Waals surface area contributed by atoms with Crippen molar-refractivity contribution in [3.8, 4) is 0 Å². The van der Waals surface area contributed by atoms with Crippen molar-refractivity contribution in [2.75, 3.05) is 19.6 Å². The lowest BCUT2D eigenvalue weighted by Crippen LogP contribution is -2.35. The fourth-order valence-electron chi connectivity index (χ4n) is 2.87. The Balaban J connectivity index is 0.000000311. The van der Waals surface area contributed by atoms with E-state index in [1.165, 1.54) is 0 Å². The number of amides is 2. The SMILES string of the molecule is C/C=C\c1cc(C(=O)NCC)oc1/C=C/CC.CC1CCN(C(=O)OC(C)(C)C)C1. The fraction of sp³-hybridized carbons (Fsp3) is 0.583. The van der Waals surface area contributed by atoms with E-state index in [2.05, 4.69) is 19.2 Å². The zero-order valence-corrected chi connectivity index (χ0v) is 19.6. The van der Waals surface area contributed by atoms with Crippen molar-refractivity contribution in [1.29, 1.82) is 0 Å². The van der Waals surface area contributed by atoms with E-state index in [-0.39, 0.29) is 17.6 Å². The van der Waals surface area contributed by atoms with Gasteiger partial charge in [0, 0.05) is 25.2 Å². The first-order valence-corrected chi connectivity index (χ1v) is 10.8. The van der Waals surface area contributed by atoms with Gasteiger partial charge in [0.25, 0.3) is 5.91 Å². The molecule has 2 heterocycles. The molecule has 1 aromatic heterocycles. The average molecular weight is 419 g/mol. The zero-order chi connectivity index (χ0) is 22.7. The average Bonchev–Trinajstić information content (AvgIpc) is 3.26. The lowest BCUT2D eigenvalue weighted by atomic mass is 10.2. The van der Waals surface area contributed by atoms with Gasteiger partial charge in [-0.25, -0.2) is 4.79 Å². The van der Waals surface area contributed by atoms with Crippen molar-refractivity contribution in [1.82, 2.24) is 10.2 Å². The van der Waals surface area contributed by atoms with Crippen LogP contribution in [0.4, 0.5) is 4.79 Å². The number of allylic oxidation sites excluding steroid dienone is 2. The number of nitrogens with zero attached hydrogens (tertiary/aromatic N) is 1. The van der Waals surface area contributed by atoms with Gasteiger partial charge in [-0.1, -0.05) is 32.1 Å². The summed E-state index contributed by atoms with van der Waals surface area (Å²) in [6.07, 6.45) is 9.63. The molecule has 1 saturated heterocycles. The lowest BCUT2D eigenvalue weighted by Gasteiger charge is -2.24. The van der Waals surface area contributed by atoms with E-state index in [1.54, 1.807) is 11.0 Å². The first-order chi connectivity index (χ1) is 14.1. The number of hydrogen-bond donors (Lipinski definition) is 1. The minimum Gasteiger partial charge on any atom is -0.451 e. The van der Waals surface area contributed by atoms with Crippen LogP contribution in [-0.4, -0.2) is 42.1 Å². The van der Waals surface area contributed by atoms with Crippen LogP contribution in [0.3, 0.4) is 0 Å². The molecule has 1 N–H and O–H groups in total. The van der Waals surface area contributed by atoms with E-state index < -0.39 is 0 Å². The third kappa shape index (κ3) is 8.89. The van der Waals surface area contributed by atoms with E-state index in [9.17, 15) is 9.59 Å². The Hall–Kier alpha value is -2.50. The molecular weight excluding hydrogens is 380 g/mol. The number of nitrogens with one attached hydrogen (secondary N) is 1. The highest BCUT2D eigenvalue weighted by atomic mass is 16.6. The van der Waals surface area contributed by atoms with E-state index in [0.29, 0.717) is 18.2 Å². The van der Waals surface area contributed by atoms with Crippen molar-refractivity contribution in [3.05, 3.63) is 35.3 Å². The predicted molar refractivity (Wildman–Crippen MR) is 122 cm³/mol. The molecule has 6 heteroatoms. The maximum Gasteiger partial charge on any atom is 0.410 e. The Labute approximate surface area is 181 Å². The van der Waals surface area contributed by atoms with Crippen LogP contribution < -0.4 is 5.32 Å². The molecule has 0 radical (unpaired) electrons. The smallest absolute Gasteiger partial charge is 0.410 e. The normalized spacial score (nSPS) is 16.6. The molecule has 168 valence electrons. The summed E-state index contributed by atoms with van der Waals surface area (Å²) in [4.78, 5) is 24.9. The number of furan rings is 1. The Bertz CT molecular complexity index is 741. The Morgan fingerprint density at radius 2 is 2.00 bits per heavy atom. The molecule has 0 saturated carbocycles. The Kier molecular flexibility index (Phi) is 10.4. The summed E-state index contributed by atoms with van der Waals surface area (Å²) in [5.74, 6) is 1.53. The minimum atomic E-state index is -0.372. The summed E-state index contributed by atoms with van der Waals surface area (Å²) < 4.78 is 10.8. The van der Waals surface area contributed by atoms with Crippen molar-refractivity contribution in [2.45, 2.75) is 66.9 Å². The van der Waals surface area contributed by atoms with Gasteiger partial charge in [-0.05, 0) is 65.5 Å². The van der Waals surface area contributed by atoms with Gasteiger partial charge in [-0.15, -0.1) is 0 Å². The van der Waals surface area contributed by atoms with E-state index in [1.807, 2.05) is 58.9 Å². The molecule has 2 amide bonds. The fourth-order valence-corrected chi connectivity index (χ4v) is 2.87. The molecule has 2 rings (SSSR count). The molecule has 0 bridgehead atoms. The van der Waals surface area contributed by atoms with Gasteiger partial charge in [0.15, 0.2) is 5.76 Å². The number of carbonyl (C=O) groups excluding carboxylic acids is 2.